The maximum atomic E-state index is 14.7. The molecule has 1 amide bonds. The number of thiocarbonyl (C=S) groups is 1. The second-order valence-corrected chi connectivity index (χ2v) is 11.7. The number of carbonyl (C=O) groups is 2. The molecule has 0 aromatic heterocycles. The SMILES string of the molecule is C=C(CC)[C@H]1NC(=S)C[C@@H](c2cccc(Cl)c2)[C@]12C(=O)N(CC(=O)OC(C)(C)C)c1cc(Cl)ccc12. The number of fused-ring (bicyclic) bond motifs is 2. The zero-order chi connectivity index (χ0) is 26.4. The predicted octanol–water partition coefficient (Wildman–Crippen LogP) is 6.36. The summed E-state index contributed by atoms with van der Waals surface area (Å²) in [5.74, 6) is -1.05. The zero-order valence-corrected chi connectivity index (χ0v) is 23.2. The minimum absolute atomic E-state index is 0.217. The number of halogens is 2. The number of hydrogen-bond donors (Lipinski definition) is 1. The van der Waals surface area contributed by atoms with E-state index in [-0.39, 0.29) is 18.4 Å². The van der Waals surface area contributed by atoms with Crippen LogP contribution in [0.25, 0.3) is 0 Å². The van der Waals surface area contributed by atoms with E-state index in [1.54, 1.807) is 39.0 Å². The molecule has 4 rings (SSSR count). The molecule has 0 saturated carbocycles. The highest BCUT2D eigenvalue weighted by atomic mass is 35.5. The Morgan fingerprint density at radius 1 is 1.22 bits per heavy atom. The highest BCUT2D eigenvalue weighted by Crippen LogP contribution is 2.56. The average Bonchev–Trinajstić information content (AvgIpc) is 3.01. The van der Waals surface area contributed by atoms with E-state index in [1.807, 2.05) is 31.2 Å². The number of piperidine rings is 1. The second kappa shape index (κ2) is 9.81. The van der Waals surface area contributed by atoms with E-state index < -0.39 is 23.0 Å². The van der Waals surface area contributed by atoms with E-state index in [4.69, 9.17) is 40.2 Å². The fourth-order valence-corrected chi connectivity index (χ4v) is 6.06. The standard InChI is InChI=1S/C28H30Cl2N2O3S/c1-6-16(2)25-28(21(14-23(36)31-25)17-8-7-9-18(29)12-17)20-11-10-19(30)13-22(20)32(26(28)34)15-24(33)35-27(3,4)5/h7-13,21,25H,2,6,14-15H2,1,3-5H3,(H,31,36)/t21-,25+,28-/m0/s1. The van der Waals surface area contributed by atoms with Gasteiger partial charge in [-0.25, -0.2) is 0 Å². The number of amides is 1. The maximum Gasteiger partial charge on any atom is 0.326 e. The van der Waals surface area contributed by atoms with Gasteiger partial charge < -0.3 is 10.1 Å². The Morgan fingerprint density at radius 2 is 1.92 bits per heavy atom. The van der Waals surface area contributed by atoms with Gasteiger partial charge in [0.15, 0.2) is 0 Å². The number of carbonyl (C=O) groups excluding carboxylic acids is 2. The molecule has 1 fully saturated rings. The van der Waals surface area contributed by atoms with Crippen molar-refractivity contribution in [2.45, 2.75) is 63.5 Å². The summed E-state index contributed by atoms with van der Waals surface area (Å²) in [6.07, 6.45) is 1.09. The van der Waals surface area contributed by atoms with Gasteiger partial charge in [0.05, 0.1) is 16.7 Å². The van der Waals surface area contributed by atoms with Gasteiger partial charge in [-0.3, -0.25) is 14.5 Å². The summed E-state index contributed by atoms with van der Waals surface area (Å²) < 4.78 is 5.57. The lowest BCUT2D eigenvalue weighted by Gasteiger charge is -2.48. The van der Waals surface area contributed by atoms with Crippen molar-refractivity contribution in [2.24, 2.45) is 0 Å². The van der Waals surface area contributed by atoms with Gasteiger partial charge in [0.2, 0.25) is 5.91 Å². The first-order chi connectivity index (χ1) is 16.9. The Bertz CT molecular complexity index is 1260. The predicted molar refractivity (Wildman–Crippen MR) is 149 cm³/mol. The Kier molecular flexibility index (Phi) is 7.26. The molecule has 1 N–H and O–H groups in total. The monoisotopic (exact) mass is 544 g/mol. The van der Waals surface area contributed by atoms with Crippen LogP contribution in [0.2, 0.25) is 10.0 Å². The van der Waals surface area contributed by atoms with Gasteiger partial charge >= 0.3 is 5.97 Å². The Balaban J connectivity index is 1.96. The molecule has 1 saturated heterocycles. The lowest BCUT2D eigenvalue weighted by atomic mass is 9.59. The molecule has 36 heavy (non-hydrogen) atoms. The van der Waals surface area contributed by atoms with Crippen LogP contribution in [0.4, 0.5) is 5.69 Å². The molecule has 2 aliphatic heterocycles. The Hall–Kier alpha value is -2.41. The van der Waals surface area contributed by atoms with Crippen molar-refractivity contribution < 1.29 is 14.3 Å². The van der Waals surface area contributed by atoms with E-state index in [0.717, 1.165) is 16.7 Å². The first-order valence-electron chi connectivity index (χ1n) is 11.9. The summed E-state index contributed by atoms with van der Waals surface area (Å²) in [5.41, 5.74) is 1.32. The Labute approximate surface area is 227 Å². The number of benzene rings is 2. The average molecular weight is 546 g/mol. The fraction of sp³-hybridized carbons (Fsp3) is 0.393. The van der Waals surface area contributed by atoms with Gasteiger partial charge in [0.25, 0.3) is 0 Å². The third-order valence-electron chi connectivity index (χ3n) is 6.82. The van der Waals surface area contributed by atoms with Crippen LogP contribution in [-0.2, 0) is 19.7 Å². The number of hydrogen-bond acceptors (Lipinski definition) is 4. The van der Waals surface area contributed by atoms with Crippen LogP contribution >= 0.6 is 35.4 Å². The molecule has 2 aliphatic rings. The van der Waals surface area contributed by atoms with Crippen molar-refractivity contribution in [3.05, 3.63) is 75.8 Å². The van der Waals surface area contributed by atoms with Gasteiger partial charge in [0.1, 0.15) is 17.6 Å². The van der Waals surface area contributed by atoms with Gasteiger partial charge in [-0.1, -0.05) is 72.7 Å². The molecule has 0 unspecified atom stereocenters. The lowest BCUT2D eigenvalue weighted by molar-refractivity contribution is -0.153. The number of nitrogens with zero attached hydrogens (tertiary/aromatic N) is 1. The van der Waals surface area contributed by atoms with Crippen LogP contribution in [0.15, 0.2) is 54.6 Å². The summed E-state index contributed by atoms with van der Waals surface area (Å²) >= 11 is 18.5. The van der Waals surface area contributed by atoms with Gasteiger partial charge in [-0.05, 0) is 62.6 Å². The topological polar surface area (TPSA) is 58.6 Å². The van der Waals surface area contributed by atoms with E-state index in [1.165, 1.54) is 4.90 Å². The van der Waals surface area contributed by atoms with E-state index in [9.17, 15) is 9.59 Å². The summed E-state index contributed by atoms with van der Waals surface area (Å²) in [6.45, 7) is 11.5. The fourth-order valence-electron chi connectivity index (χ4n) is 5.41. The second-order valence-electron chi connectivity index (χ2n) is 10.3. The molecule has 5 nitrogen and oxygen atoms in total. The number of nitrogens with one attached hydrogen (secondary N) is 1. The first-order valence-corrected chi connectivity index (χ1v) is 13.1. The lowest BCUT2D eigenvalue weighted by Crippen LogP contribution is -2.63. The van der Waals surface area contributed by atoms with Crippen molar-refractivity contribution in [3.8, 4) is 0 Å². The molecule has 2 heterocycles. The molecule has 1 spiro atoms. The summed E-state index contributed by atoms with van der Waals surface area (Å²) in [4.78, 5) is 29.8. The summed E-state index contributed by atoms with van der Waals surface area (Å²) in [7, 11) is 0. The van der Waals surface area contributed by atoms with Crippen LogP contribution in [0, 0.1) is 0 Å². The van der Waals surface area contributed by atoms with Crippen molar-refractivity contribution in [2.75, 3.05) is 11.4 Å². The van der Waals surface area contributed by atoms with Crippen LogP contribution < -0.4 is 10.2 Å². The highest BCUT2D eigenvalue weighted by molar-refractivity contribution is 7.80. The molecule has 8 heteroatoms. The van der Waals surface area contributed by atoms with Gasteiger partial charge in [-0.15, -0.1) is 0 Å². The molecule has 0 aliphatic carbocycles. The van der Waals surface area contributed by atoms with Crippen LogP contribution in [0.3, 0.4) is 0 Å². The number of esters is 1. The van der Waals surface area contributed by atoms with E-state index in [0.29, 0.717) is 33.6 Å². The van der Waals surface area contributed by atoms with Crippen LogP contribution in [0.1, 0.15) is 57.6 Å². The summed E-state index contributed by atoms with van der Waals surface area (Å²) in [5, 5.41) is 4.46. The molecule has 3 atom stereocenters. The Morgan fingerprint density at radius 3 is 2.56 bits per heavy atom. The normalized spacial score (nSPS) is 23.4. The van der Waals surface area contributed by atoms with Crippen LogP contribution in [0.5, 0.6) is 0 Å². The zero-order valence-electron chi connectivity index (χ0n) is 20.9. The number of rotatable bonds is 5. The third-order valence-corrected chi connectivity index (χ3v) is 7.57. The molecular formula is C28H30Cl2N2O3S. The number of ether oxygens (including phenoxy) is 1. The quantitative estimate of drug-likeness (QED) is 0.269. The largest absolute Gasteiger partial charge is 0.459 e. The molecule has 0 bridgehead atoms. The molecule has 2 aromatic carbocycles. The van der Waals surface area contributed by atoms with E-state index in [2.05, 4.69) is 11.9 Å². The van der Waals surface area contributed by atoms with Crippen LogP contribution in [-0.4, -0.2) is 35.1 Å². The van der Waals surface area contributed by atoms with Gasteiger partial charge in [-0.2, -0.15) is 0 Å². The summed E-state index contributed by atoms with van der Waals surface area (Å²) in [6, 6.07) is 12.4. The first kappa shape index (κ1) is 26.6. The van der Waals surface area contributed by atoms with Gasteiger partial charge in [0, 0.05) is 22.4 Å². The maximum absolute atomic E-state index is 14.7. The number of anilines is 1. The molecule has 0 radical (unpaired) electrons. The molecule has 2 aromatic rings. The third kappa shape index (κ3) is 4.67. The van der Waals surface area contributed by atoms with Crippen molar-refractivity contribution in [1.29, 1.82) is 0 Å². The van der Waals surface area contributed by atoms with Crippen molar-refractivity contribution >= 4 is 58.0 Å². The minimum Gasteiger partial charge on any atom is -0.459 e. The smallest absolute Gasteiger partial charge is 0.326 e. The van der Waals surface area contributed by atoms with E-state index >= 15 is 0 Å². The highest BCUT2D eigenvalue weighted by Gasteiger charge is 2.63. The minimum atomic E-state index is -1.11. The molecular weight excluding hydrogens is 515 g/mol. The molecule has 190 valence electrons. The van der Waals surface area contributed by atoms with Crippen molar-refractivity contribution in [1.82, 2.24) is 5.32 Å². The van der Waals surface area contributed by atoms with Crippen molar-refractivity contribution in [3.63, 3.8) is 0 Å².